The van der Waals surface area contributed by atoms with Crippen molar-refractivity contribution in [2.45, 2.75) is 114 Å². The number of esters is 1. The Morgan fingerprint density at radius 2 is 1.28 bits per heavy atom. The van der Waals surface area contributed by atoms with Crippen molar-refractivity contribution in [3.05, 3.63) is 35.9 Å². The van der Waals surface area contributed by atoms with Gasteiger partial charge >= 0.3 is 5.97 Å². The number of amides is 2. The van der Waals surface area contributed by atoms with E-state index in [0.717, 1.165) is 18.4 Å². The molecule has 8 N–H and O–H groups in total. The third kappa shape index (κ3) is 12.6. The first-order chi connectivity index (χ1) is 25.4. The molecule has 17 nitrogen and oxygen atoms in total. The molecule has 3 saturated heterocycles. The molecule has 53 heavy (non-hydrogen) atoms. The molecule has 0 unspecified atom stereocenters. The summed E-state index contributed by atoms with van der Waals surface area (Å²) in [5, 5.41) is 65.8. The Kier molecular flexibility index (Phi) is 17.3. The number of nitrogens with zero attached hydrogens (tertiary/aromatic N) is 1. The van der Waals surface area contributed by atoms with Gasteiger partial charge in [0.2, 0.25) is 11.8 Å². The van der Waals surface area contributed by atoms with Crippen LogP contribution < -0.4 is 10.6 Å². The lowest BCUT2D eigenvalue weighted by atomic mass is 9.83. The second kappa shape index (κ2) is 21.3. The molecule has 12 atom stereocenters. The Morgan fingerprint density at radius 1 is 0.736 bits per heavy atom. The number of hydrogen-bond acceptors (Lipinski definition) is 15. The highest BCUT2D eigenvalue weighted by atomic mass is 16.7. The van der Waals surface area contributed by atoms with Crippen molar-refractivity contribution in [1.29, 1.82) is 0 Å². The molecule has 4 rings (SSSR count). The zero-order valence-electron chi connectivity index (χ0n) is 30.4. The predicted molar refractivity (Wildman–Crippen MR) is 185 cm³/mol. The van der Waals surface area contributed by atoms with Gasteiger partial charge in [-0.3, -0.25) is 14.4 Å². The van der Waals surface area contributed by atoms with Crippen molar-refractivity contribution >= 4 is 17.8 Å². The van der Waals surface area contributed by atoms with Crippen LogP contribution in [-0.4, -0.2) is 161 Å². The van der Waals surface area contributed by atoms with Crippen molar-refractivity contribution in [3.8, 4) is 0 Å². The molecule has 17 heteroatoms. The van der Waals surface area contributed by atoms with Gasteiger partial charge in [0.15, 0.2) is 12.6 Å². The van der Waals surface area contributed by atoms with Crippen molar-refractivity contribution in [2.75, 3.05) is 45.9 Å². The van der Waals surface area contributed by atoms with Crippen LogP contribution in [0.2, 0.25) is 0 Å². The van der Waals surface area contributed by atoms with Crippen LogP contribution in [0.25, 0.3) is 0 Å². The van der Waals surface area contributed by atoms with Gasteiger partial charge in [0.1, 0.15) is 43.2 Å². The molecule has 2 amide bonds. The number of hydrogen-bond donors (Lipinski definition) is 8. The van der Waals surface area contributed by atoms with Crippen LogP contribution in [0.4, 0.5) is 0 Å². The Balaban J connectivity index is 1.23. The van der Waals surface area contributed by atoms with Crippen LogP contribution in [0.3, 0.4) is 0 Å². The number of rotatable bonds is 18. The zero-order valence-corrected chi connectivity index (χ0v) is 30.4. The Bertz CT molecular complexity index is 1280. The minimum Gasteiger partial charge on any atom is -0.461 e. The van der Waals surface area contributed by atoms with Crippen LogP contribution in [0.1, 0.15) is 51.5 Å². The fourth-order valence-electron chi connectivity index (χ4n) is 6.66. The van der Waals surface area contributed by atoms with Crippen molar-refractivity contribution in [3.63, 3.8) is 0 Å². The second-order valence-electron chi connectivity index (χ2n) is 13.9. The molecule has 0 spiro atoms. The quantitative estimate of drug-likeness (QED) is 0.0606. The maximum absolute atomic E-state index is 13.5. The Hall–Kier alpha value is -2.81. The molecule has 3 heterocycles. The van der Waals surface area contributed by atoms with Crippen LogP contribution >= 0.6 is 0 Å². The monoisotopic (exact) mass is 755 g/mol. The van der Waals surface area contributed by atoms with Gasteiger partial charge in [-0.15, -0.1) is 0 Å². The SMILES string of the molecule is C[C@@H]1O[C@@H](OCCNC(=O)[C@H]2CN(CCCCCC(=O)OCc3ccccc3)CC[C@H]2C(=O)NCCO[C@@H]2O[C@@H](C)[C@@H](O)[C@H](O)[C@H]2O)[C@H](O)[C@@H](O)[C@@H]1O. The first-order valence-corrected chi connectivity index (χ1v) is 18.5. The fraction of sp³-hybridized carbons (Fsp3) is 0.750. The van der Waals surface area contributed by atoms with Gasteiger partial charge in [0.05, 0.1) is 37.3 Å². The first-order valence-electron chi connectivity index (χ1n) is 18.5. The fourth-order valence-corrected chi connectivity index (χ4v) is 6.66. The number of aliphatic hydroxyl groups is 6. The lowest BCUT2D eigenvalue weighted by Crippen LogP contribution is -2.57. The Morgan fingerprint density at radius 3 is 1.85 bits per heavy atom. The van der Waals surface area contributed by atoms with Crippen molar-refractivity contribution < 1.29 is 68.7 Å². The summed E-state index contributed by atoms with van der Waals surface area (Å²) in [4.78, 5) is 41.2. The van der Waals surface area contributed by atoms with E-state index in [1.54, 1.807) is 0 Å². The minimum absolute atomic E-state index is 0.0280. The number of piperidine rings is 1. The third-order valence-electron chi connectivity index (χ3n) is 9.95. The maximum atomic E-state index is 13.5. The second-order valence-corrected chi connectivity index (χ2v) is 13.9. The van der Waals surface area contributed by atoms with E-state index < -0.39 is 73.2 Å². The minimum atomic E-state index is -1.48. The van der Waals surface area contributed by atoms with Crippen molar-refractivity contribution in [2.24, 2.45) is 11.8 Å². The number of ether oxygens (including phenoxy) is 5. The number of unbranched alkanes of at least 4 members (excludes halogenated alkanes) is 2. The van der Waals surface area contributed by atoms with Gasteiger partial charge in [-0.25, -0.2) is 0 Å². The molecule has 300 valence electrons. The summed E-state index contributed by atoms with van der Waals surface area (Å²) in [5.74, 6) is -2.36. The van der Waals surface area contributed by atoms with E-state index in [0.29, 0.717) is 38.9 Å². The predicted octanol–water partition coefficient (Wildman–Crippen LogP) is -1.85. The number of aliphatic hydroxyl groups excluding tert-OH is 6. The standard InChI is InChI=1S/C36H57N3O14/c1-21-27(41)29(43)31(45)35(52-21)49-17-13-37-33(47)24-12-16-39(15-8-4-7-11-26(40)51-20-23-9-5-3-6-10-23)19-25(24)34(48)38-14-18-50-36-32(46)30(44)28(42)22(2)53-36/h3,5-6,9-10,21-22,24-25,27-32,35-36,41-46H,4,7-8,11-20H2,1-2H3,(H,37,47)(H,38,48)/t21-,22-,24+,25-,27+,28+,29-,30-,31+,32+,35+,36+/m0/s1. The molecule has 0 aliphatic carbocycles. The van der Waals surface area contributed by atoms with Crippen LogP contribution in [0, 0.1) is 11.8 Å². The molecule has 3 aliphatic heterocycles. The van der Waals surface area contributed by atoms with E-state index in [1.807, 2.05) is 30.3 Å². The summed E-state index contributed by atoms with van der Waals surface area (Å²) in [6.07, 6.45) is -9.39. The zero-order chi connectivity index (χ0) is 38.5. The summed E-state index contributed by atoms with van der Waals surface area (Å²) in [6, 6.07) is 9.47. The number of benzene rings is 1. The molecule has 0 saturated carbocycles. The largest absolute Gasteiger partial charge is 0.461 e. The van der Waals surface area contributed by atoms with Crippen LogP contribution in [-0.2, 0) is 44.7 Å². The van der Waals surface area contributed by atoms with Crippen LogP contribution in [0.5, 0.6) is 0 Å². The van der Waals surface area contributed by atoms with Gasteiger partial charge in [0, 0.05) is 26.1 Å². The smallest absolute Gasteiger partial charge is 0.306 e. The highest BCUT2D eigenvalue weighted by molar-refractivity contribution is 5.88. The van der Waals surface area contributed by atoms with Gasteiger partial charge in [0.25, 0.3) is 0 Å². The molecule has 3 aliphatic rings. The molecule has 0 bridgehead atoms. The molecular formula is C36H57N3O14. The summed E-state index contributed by atoms with van der Waals surface area (Å²) in [6.45, 7) is 4.80. The average Bonchev–Trinajstić information content (AvgIpc) is 3.16. The summed E-state index contributed by atoms with van der Waals surface area (Å²) >= 11 is 0. The first kappa shape index (κ1) is 42.9. The van der Waals surface area contributed by atoms with E-state index >= 15 is 0 Å². The summed E-state index contributed by atoms with van der Waals surface area (Å²) in [7, 11) is 0. The van der Waals surface area contributed by atoms with Gasteiger partial charge < -0.3 is 69.9 Å². The van der Waals surface area contributed by atoms with Gasteiger partial charge in [-0.2, -0.15) is 0 Å². The molecular weight excluding hydrogens is 698 g/mol. The molecule has 1 aromatic rings. The highest BCUT2D eigenvalue weighted by Gasteiger charge is 2.44. The van der Waals surface area contributed by atoms with E-state index in [-0.39, 0.29) is 50.7 Å². The summed E-state index contributed by atoms with van der Waals surface area (Å²) in [5.41, 5.74) is 0.926. The number of carbonyl (C=O) groups is 3. The molecule has 0 radical (unpaired) electrons. The third-order valence-corrected chi connectivity index (χ3v) is 9.95. The van der Waals surface area contributed by atoms with Gasteiger partial charge in [-0.1, -0.05) is 36.8 Å². The van der Waals surface area contributed by atoms with Gasteiger partial charge in [-0.05, 0) is 51.8 Å². The Labute approximate surface area is 309 Å². The van der Waals surface area contributed by atoms with E-state index in [4.69, 9.17) is 23.7 Å². The van der Waals surface area contributed by atoms with Crippen molar-refractivity contribution in [1.82, 2.24) is 15.5 Å². The highest BCUT2D eigenvalue weighted by Crippen LogP contribution is 2.26. The maximum Gasteiger partial charge on any atom is 0.306 e. The lowest BCUT2D eigenvalue weighted by Gasteiger charge is -2.39. The molecule has 0 aromatic heterocycles. The number of nitrogens with one attached hydrogen (secondary N) is 2. The number of likely N-dealkylation sites (tertiary alicyclic amines) is 1. The normalized spacial score (nSPS) is 33.6. The van der Waals surface area contributed by atoms with Crippen LogP contribution in [0.15, 0.2) is 30.3 Å². The molecule has 3 fully saturated rings. The number of carbonyl (C=O) groups excluding carboxylic acids is 3. The van der Waals surface area contributed by atoms with E-state index in [2.05, 4.69) is 15.5 Å². The lowest BCUT2D eigenvalue weighted by molar-refractivity contribution is -0.292. The average molecular weight is 756 g/mol. The van der Waals surface area contributed by atoms with E-state index in [1.165, 1.54) is 13.8 Å². The topological polar surface area (TPSA) is 246 Å². The van der Waals surface area contributed by atoms with E-state index in [9.17, 15) is 45.0 Å². The summed E-state index contributed by atoms with van der Waals surface area (Å²) < 4.78 is 27.3. The molecule has 1 aromatic carbocycles.